The summed E-state index contributed by atoms with van der Waals surface area (Å²) < 4.78 is 11.1. The van der Waals surface area contributed by atoms with Crippen molar-refractivity contribution >= 4 is 5.69 Å². The zero-order chi connectivity index (χ0) is 11.9. The van der Waals surface area contributed by atoms with Gasteiger partial charge in [-0.3, -0.25) is 0 Å². The molecule has 0 saturated heterocycles. The molecule has 0 radical (unpaired) electrons. The lowest BCUT2D eigenvalue weighted by molar-refractivity contribution is 0.114. The van der Waals surface area contributed by atoms with Crippen LogP contribution in [-0.4, -0.2) is 19.8 Å². The van der Waals surface area contributed by atoms with Gasteiger partial charge in [0.2, 0.25) is 0 Å². The first-order valence-electron chi connectivity index (χ1n) is 6.40. The van der Waals surface area contributed by atoms with E-state index >= 15 is 0 Å². The minimum Gasteiger partial charge on any atom is -0.494 e. The Morgan fingerprint density at radius 3 is 2.53 bits per heavy atom. The molecular weight excluding hydrogens is 214 g/mol. The van der Waals surface area contributed by atoms with Gasteiger partial charge in [0.15, 0.2) is 0 Å². The summed E-state index contributed by atoms with van der Waals surface area (Å²) in [6.07, 6.45) is 4.99. The Balaban J connectivity index is 1.46. The highest BCUT2D eigenvalue weighted by Crippen LogP contribution is 2.32. The molecule has 1 saturated carbocycles. The summed E-state index contributed by atoms with van der Waals surface area (Å²) in [6, 6.07) is 7.48. The van der Waals surface area contributed by atoms with E-state index in [9.17, 15) is 0 Å². The molecule has 0 amide bonds. The predicted molar refractivity (Wildman–Crippen MR) is 69.1 cm³/mol. The van der Waals surface area contributed by atoms with Crippen LogP contribution in [0.1, 0.15) is 25.7 Å². The summed E-state index contributed by atoms with van der Waals surface area (Å²) in [5.74, 6) is 1.83. The monoisotopic (exact) mass is 235 g/mol. The molecule has 0 aliphatic heterocycles. The molecule has 0 bridgehead atoms. The van der Waals surface area contributed by atoms with Crippen LogP contribution in [0.3, 0.4) is 0 Å². The third kappa shape index (κ3) is 5.09. The normalized spacial score (nSPS) is 14.8. The largest absolute Gasteiger partial charge is 0.494 e. The molecule has 2 N–H and O–H groups in total. The topological polar surface area (TPSA) is 44.5 Å². The van der Waals surface area contributed by atoms with E-state index in [1.54, 1.807) is 0 Å². The second-order valence-corrected chi connectivity index (χ2v) is 4.62. The number of ether oxygens (including phenoxy) is 2. The summed E-state index contributed by atoms with van der Waals surface area (Å²) in [5, 5.41) is 0. The first kappa shape index (κ1) is 12.2. The highest BCUT2D eigenvalue weighted by Gasteiger charge is 2.20. The summed E-state index contributed by atoms with van der Waals surface area (Å²) in [6.45, 7) is 2.40. The second-order valence-electron chi connectivity index (χ2n) is 4.62. The van der Waals surface area contributed by atoms with E-state index in [0.717, 1.165) is 37.0 Å². The summed E-state index contributed by atoms with van der Waals surface area (Å²) in [7, 11) is 0. The van der Waals surface area contributed by atoms with Gasteiger partial charge in [0.1, 0.15) is 5.75 Å². The summed E-state index contributed by atoms with van der Waals surface area (Å²) in [4.78, 5) is 0. The van der Waals surface area contributed by atoms with Crippen LogP contribution in [0.25, 0.3) is 0 Å². The first-order chi connectivity index (χ1) is 8.34. The molecule has 0 aromatic heterocycles. The zero-order valence-electron chi connectivity index (χ0n) is 10.2. The molecule has 3 nitrogen and oxygen atoms in total. The van der Waals surface area contributed by atoms with Gasteiger partial charge in [0, 0.05) is 25.3 Å². The second kappa shape index (κ2) is 6.50. The van der Waals surface area contributed by atoms with Crippen molar-refractivity contribution in [2.45, 2.75) is 25.7 Å². The molecule has 1 aromatic carbocycles. The smallest absolute Gasteiger partial charge is 0.119 e. The molecule has 94 valence electrons. The van der Waals surface area contributed by atoms with Crippen LogP contribution < -0.4 is 10.5 Å². The van der Waals surface area contributed by atoms with Gasteiger partial charge >= 0.3 is 0 Å². The van der Waals surface area contributed by atoms with Crippen LogP contribution in [0.5, 0.6) is 5.75 Å². The number of hydrogen-bond acceptors (Lipinski definition) is 3. The van der Waals surface area contributed by atoms with Crippen molar-refractivity contribution in [2.24, 2.45) is 5.92 Å². The molecule has 0 unspecified atom stereocenters. The standard InChI is InChI=1S/C14H21NO2/c15-13-4-6-14(7-5-13)17-10-1-9-16-11-8-12-2-3-12/h4-7,12H,1-3,8-11,15H2. The van der Waals surface area contributed by atoms with Crippen LogP contribution in [0.4, 0.5) is 5.69 Å². The van der Waals surface area contributed by atoms with E-state index in [1.165, 1.54) is 19.3 Å². The van der Waals surface area contributed by atoms with Crippen molar-refractivity contribution < 1.29 is 9.47 Å². The maximum Gasteiger partial charge on any atom is 0.119 e. The van der Waals surface area contributed by atoms with E-state index in [1.807, 2.05) is 24.3 Å². The third-order valence-electron chi connectivity index (χ3n) is 2.95. The Kier molecular flexibility index (Phi) is 4.68. The summed E-state index contributed by atoms with van der Waals surface area (Å²) in [5.41, 5.74) is 6.35. The van der Waals surface area contributed by atoms with Gasteiger partial charge in [-0.15, -0.1) is 0 Å². The van der Waals surface area contributed by atoms with Crippen molar-refractivity contribution in [3.63, 3.8) is 0 Å². The molecule has 1 aliphatic rings. The average Bonchev–Trinajstić information content (AvgIpc) is 3.14. The van der Waals surface area contributed by atoms with Crippen molar-refractivity contribution in [3.8, 4) is 5.75 Å². The Morgan fingerprint density at radius 1 is 1.06 bits per heavy atom. The molecule has 1 aliphatic carbocycles. The Morgan fingerprint density at radius 2 is 1.82 bits per heavy atom. The lowest BCUT2D eigenvalue weighted by Crippen LogP contribution is -2.04. The molecule has 1 aromatic rings. The number of nitrogens with two attached hydrogens (primary N) is 1. The Bertz CT molecular complexity index is 319. The van der Waals surface area contributed by atoms with Crippen molar-refractivity contribution in [1.29, 1.82) is 0 Å². The van der Waals surface area contributed by atoms with Gasteiger partial charge in [-0.25, -0.2) is 0 Å². The molecule has 1 fully saturated rings. The number of nitrogen functional groups attached to an aromatic ring is 1. The minimum atomic E-state index is 0.702. The van der Waals surface area contributed by atoms with Gasteiger partial charge in [-0.1, -0.05) is 12.8 Å². The maximum atomic E-state index is 5.59. The molecular formula is C14H21NO2. The Hall–Kier alpha value is -1.22. The molecule has 3 heteroatoms. The molecule has 0 atom stereocenters. The van der Waals surface area contributed by atoms with E-state index in [4.69, 9.17) is 15.2 Å². The first-order valence-corrected chi connectivity index (χ1v) is 6.40. The number of rotatable bonds is 8. The Labute approximate surface area is 103 Å². The fourth-order valence-corrected chi connectivity index (χ4v) is 1.67. The predicted octanol–water partition coefficient (Wildman–Crippen LogP) is 2.85. The molecule has 0 spiro atoms. The number of benzene rings is 1. The lowest BCUT2D eigenvalue weighted by Gasteiger charge is -2.07. The zero-order valence-corrected chi connectivity index (χ0v) is 10.2. The molecule has 0 heterocycles. The van der Waals surface area contributed by atoms with E-state index in [0.29, 0.717) is 6.61 Å². The van der Waals surface area contributed by atoms with Crippen molar-refractivity contribution in [3.05, 3.63) is 24.3 Å². The molecule has 2 rings (SSSR count). The van der Waals surface area contributed by atoms with Gasteiger partial charge < -0.3 is 15.2 Å². The number of hydrogen-bond donors (Lipinski definition) is 1. The van der Waals surface area contributed by atoms with Crippen LogP contribution >= 0.6 is 0 Å². The van der Waals surface area contributed by atoms with Crippen LogP contribution in [-0.2, 0) is 4.74 Å². The maximum absolute atomic E-state index is 5.59. The summed E-state index contributed by atoms with van der Waals surface area (Å²) >= 11 is 0. The van der Waals surface area contributed by atoms with Crippen LogP contribution in [0.2, 0.25) is 0 Å². The van der Waals surface area contributed by atoms with Crippen molar-refractivity contribution in [1.82, 2.24) is 0 Å². The van der Waals surface area contributed by atoms with Crippen LogP contribution in [0, 0.1) is 5.92 Å². The minimum absolute atomic E-state index is 0.702. The van der Waals surface area contributed by atoms with Gasteiger partial charge in [-0.05, 0) is 36.6 Å². The van der Waals surface area contributed by atoms with Gasteiger partial charge in [-0.2, -0.15) is 0 Å². The van der Waals surface area contributed by atoms with Gasteiger partial charge in [0.05, 0.1) is 6.61 Å². The highest BCUT2D eigenvalue weighted by molar-refractivity contribution is 5.41. The third-order valence-corrected chi connectivity index (χ3v) is 2.95. The number of anilines is 1. The van der Waals surface area contributed by atoms with Crippen LogP contribution in [0.15, 0.2) is 24.3 Å². The van der Waals surface area contributed by atoms with E-state index < -0.39 is 0 Å². The van der Waals surface area contributed by atoms with E-state index in [2.05, 4.69) is 0 Å². The molecule has 17 heavy (non-hydrogen) atoms. The fraction of sp³-hybridized carbons (Fsp3) is 0.571. The van der Waals surface area contributed by atoms with Crippen molar-refractivity contribution in [2.75, 3.05) is 25.6 Å². The highest BCUT2D eigenvalue weighted by atomic mass is 16.5. The fourth-order valence-electron chi connectivity index (χ4n) is 1.67. The average molecular weight is 235 g/mol. The van der Waals surface area contributed by atoms with Gasteiger partial charge in [0.25, 0.3) is 0 Å². The SMILES string of the molecule is Nc1ccc(OCCCOCCC2CC2)cc1. The quantitative estimate of drug-likeness (QED) is 0.556. The lowest BCUT2D eigenvalue weighted by atomic mass is 10.3. The van der Waals surface area contributed by atoms with E-state index in [-0.39, 0.29) is 0 Å².